The van der Waals surface area contributed by atoms with Crippen LogP contribution in [0.2, 0.25) is 0 Å². The predicted octanol–water partition coefficient (Wildman–Crippen LogP) is 4.49. The van der Waals surface area contributed by atoms with Crippen molar-refractivity contribution in [1.29, 1.82) is 0 Å². The summed E-state index contributed by atoms with van der Waals surface area (Å²) in [4.78, 5) is 36.1. The zero-order valence-electron chi connectivity index (χ0n) is 22.4. The summed E-state index contributed by atoms with van der Waals surface area (Å²) in [5.74, 6) is 0.575. The first-order valence-electron chi connectivity index (χ1n) is 12.3. The maximum Gasteiger partial charge on any atom is 0.414 e. The second-order valence-corrected chi connectivity index (χ2v) is 10.3. The fourth-order valence-electron chi connectivity index (χ4n) is 4.25. The fraction of sp³-hybridized carbons (Fsp3) is 0.519. The molecule has 1 fully saturated rings. The molecule has 2 heterocycles. The number of rotatable bonds is 4. The Morgan fingerprint density at radius 1 is 1.28 bits per heavy atom. The van der Waals surface area contributed by atoms with Crippen molar-refractivity contribution in [2.45, 2.75) is 58.8 Å². The highest BCUT2D eigenvalue weighted by Gasteiger charge is 2.33. The van der Waals surface area contributed by atoms with Crippen molar-refractivity contribution in [3.63, 3.8) is 0 Å². The molecule has 196 valence electrons. The number of carbonyl (C=O) groups excluding carboxylic acids is 2. The van der Waals surface area contributed by atoms with Crippen LogP contribution >= 0.6 is 0 Å². The van der Waals surface area contributed by atoms with Crippen LogP contribution in [0.3, 0.4) is 0 Å². The van der Waals surface area contributed by atoms with Gasteiger partial charge in [-0.15, -0.1) is 0 Å². The quantitative estimate of drug-likeness (QED) is 0.374. The van der Waals surface area contributed by atoms with Crippen molar-refractivity contribution in [1.82, 2.24) is 14.7 Å². The second kappa shape index (κ2) is 11.2. The van der Waals surface area contributed by atoms with E-state index in [4.69, 9.17) is 20.2 Å². The Bertz CT molecular complexity index is 1070. The van der Waals surface area contributed by atoms with Crippen LogP contribution < -0.4 is 5.73 Å². The number of aliphatic imine (C=N–C) groups is 1. The van der Waals surface area contributed by atoms with Crippen molar-refractivity contribution >= 4 is 29.2 Å². The van der Waals surface area contributed by atoms with Crippen LogP contribution in [0.5, 0.6) is 0 Å². The molecule has 2 N–H and O–H groups in total. The lowest BCUT2D eigenvalue weighted by molar-refractivity contribution is 0.00609. The Morgan fingerprint density at radius 2 is 2.00 bits per heavy atom. The van der Waals surface area contributed by atoms with E-state index in [1.165, 1.54) is 4.90 Å². The molecule has 1 aromatic rings. The lowest BCUT2D eigenvalue weighted by Gasteiger charge is -2.33. The Labute approximate surface area is 214 Å². The number of hydrogen-bond acceptors (Lipinski definition) is 6. The smallest absolute Gasteiger partial charge is 0.414 e. The zero-order chi connectivity index (χ0) is 26.6. The highest BCUT2D eigenvalue weighted by Crippen LogP contribution is 2.41. The number of nitrogen functional groups attached to an aromatic ring is 1. The van der Waals surface area contributed by atoms with Gasteiger partial charge < -0.3 is 25.0 Å². The third-order valence-corrected chi connectivity index (χ3v) is 5.85. The van der Waals surface area contributed by atoms with Gasteiger partial charge >= 0.3 is 6.09 Å². The number of allylic oxidation sites excluding steroid dienone is 1. The number of hydrogen-bond donors (Lipinski definition) is 1. The van der Waals surface area contributed by atoms with E-state index < -0.39 is 17.7 Å². The molecule has 2 unspecified atom stereocenters. The van der Waals surface area contributed by atoms with Crippen LogP contribution in [0.15, 0.2) is 41.6 Å². The molecule has 0 bridgehead atoms. The molecule has 9 nitrogen and oxygen atoms in total. The van der Waals surface area contributed by atoms with E-state index in [1.807, 2.05) is 52.8 Å². The van der Waals surface area contributed by atoms with Gasteiger partial charge in [0, 0.05) is 44.5 Å². The van der Waals surface area contributed by atoms with Gasteiger partial charge in [0.1, 0.15) is 11.4 Å². The highest BCUT2D eigenvalue weighted by atomic mass is 16.6. The van der Waals surface area contributed by atoms with Gasteiger partial charge in [-0.3, -0.25) is 9.69 Å². The van der Waals surface area contributed by atoms with Crippen LogP contribution in [0, 0.1) is 0 Å². The van der Waals surface area contributed by atoms with Crippen LogP contribution in [0.25, 0.3) is 0 Å². The average molecular weight is 498 g/mol. The standard InChI is InChI=1S/C27H39N5O4/c1-8-10-23(31-13-14-35-18(2)17-31)29-24-20(15-19(16-21(24)28)25(33)30(6)7)22-11-9-12-32(22)26(34)36-27(3,4)5/h8-10,12,15-16,18,22H,11,13-14,17,28H2,1-7H3/b10-8+,29-23+. The second-order valence-electron chi connectivity index (χ2n) is 10.3. The van der Waals surface area contributed by atoms with Crippen molar-refractivity contribution in [3.05, 3.63) is 47.7 Å². The topological polar surface area (TPSA) is 101 Å². The number of amides is 2. The predicted molar refractivity (Wildman–Crippen MR) is 142 cm³/mol. The molecule has 0 aliphatic carbocycles. The van der Waals surface area contributed by atoms with Gasteiger partial charge in [-0.1, -0.05) is 12.2 Å². The Hall–Kier alpha value is -3.33. The summed E-state index contributed by atoms with van der Waals surface area (Å²) >= 11 is 0. The third kappa shape index (κ3) is 6.46. The number of nitrogens with zero attached hydrogens (tertiary/aromatic N) is 4. The van der Waals surface area contributed by atoms with Crippen LogP contribution in [0.4, 0.5) is 16.2 Å². The van der Waals surface area contributed by atoms with Crippen molar-refractivity contribution in [2.75, 3.05) is 39.5 Å². The molecule has 1 saturated heterocycles. The van der Waals surface area contributed by atoms with E-state index >= 15 is 0 Å². The number of carbonyl (C=O) groups is 2. The summed E-state index contributed by atoms with van der Waals surface area (Å²) < 4.78 is 11.4. The average Bonchev–Trinajstić information content (AvgIpc) is 3.28. The van der Waals surface area contributed by atoms with Gasteiger partial charge in [0.25, 0.3) is 5.91 Å². The molecular formula is C27H39N5O4. The number of benzene rings is 1. The normalized spacial score (nSPS) is 20.8. The van der Waals surface area contributed by atoms with Gasteiger partial charge in [-0.25, -0.2) is 9.79 Å². The summed E-state index contributed by atoms with van der Waals surface area (Å²) in [6.07, 6.45) is 7.67. The summed E-state index contributed by atoms with van der Waals surface area (Å²) in [6, 6.07) is 3.04. The van der Waals surface area contributed by atoms with E-state index in [0.717, 1.165) is 5.84 Å². The summed E-state index contributed by atoms with van der Waals surface area (Å²) in [7, 11) is 3.39. The van der Waals surface area contributed by atoms with Crippen molar-refractivity contribution < 1.29 is 19.1 Å². The molecule has 36 heavy (non-hydrogen) atoms. The van der Waals surface area contributed by atoms with E-state index in [-0.39, 0.29) is 12.0 Å². The van der Waals surface area contributed by atoms with Crippen LogP contribution in [0.1, 0.15) is 63.0 Å². The molecule has 3 rings (SSSR count). The van der Waals surface area contributed by atoms with Crippen LogP contribution in [-0.4, -0.2) is 78.0 Å². The SMILES string of the molecule is C/C=C/C(=N\c1c(N)cc(C(=O)N(C)C)cc1C1CC=CN1C(=O)OC(C)(C)C)N1CCOC(C)C1. The first-order chi connectivity index (χ1) is 16.9. The van der Waals surface area contributed by atoms with Gasteiger partial charge in [0.05, 0.1) is 30.1 Å². The summed E-state index contributed by atoms with van der Waals surface area (Å²) in [5, 5.41) is 0. The number of nitrogens with two attached hydrogens (primary N) is 1. The first-order valence-corrected chi connectivity index (χ1v) is 12.3. The third-order valence-electron chi connectivity index (χ3n) is 5.85. The lowest BCUT2D eigenvalue weighted by Crippen LogP contribution is -2.44. The van der Waals surface area contributed by atoms with E-state index in [2.05, 4.69) is 4.90 Å². The van der Waals surface area contributed by atoms with Gasteiger partial charge in [-0.05, 0) is 59.2 Å². The molecule has 1 aromatic carbocycles. The minimum Gasteiger partial charge on any atom is -0.443 e. The Kier molecular flexibility index (Phi) is 8.45. The van der Waals surface area contributed by atoms with Gasteiger partial charge in [0.2, 0.25) is 0 Å². The first kappa shape index (κ1) is 27.3. The zero-order valence-corrected chi connectivity index (χ0v) is 22.4. The molecule has 9 heteroatoms. The lowest BCUT2D eigenvalue weighted by atomic mass is 9.97. The molecular weight excluding hydrogens is 458 g/mol. The highest BCUT2D eigenvalue weighted by molar-refractivity contribution is 5.99. The number of amidine groups is 1. The van der Waals surface area contributed by atoms with E-state index in [9.17, 15) is 9.59 Å². The molecule has 0 radical (unpaired) electrons. The Morgan fingerprint density at radius 3 is 2.61 bits per heavy atom. The van der Waals surface area contributed by atoms with Crippen LogP contribution in [-0.2, 0) is 9.47 Å². The van der Waals surface area contributed by atoms with Gasteiger partial charge in [0.15, 0.2) is 0 Å². The molecule has 0 aromatic heterocycles. The molecule has 2 aliphatic heterocycles. The number of ether oxygens (including phenoxy) is 2. The molecule has 0 saturated carbocycles. The van der Waals surface area contributed by atoms with Crippen molar-refractivity contribution in [2.24, 2.45) is 4.99 Å². The molecule has 2 atom stereocenters. The van der Waals surface area contributed by atoms with E-state index in [1.54, 1.807) is 37.3 Å². The monoisotopic (exact) mass is 497 g/mol. The number of morpholine rings is 1. The summed E-state index contributed by atoms with van der Waals surface area (Å²) in [5.41, 5.74) is 7.95. The minimum atomic E-state index is -0.646. The van der Waals surface area contributed by atoms with E-state index in [0.29, 0.717) is 48.6 Å². The molecule has 2 amide bonds. The number of anilines is 1. The summed E-state index contributed by atoms with van der Waals surface area (Å²) in [6.45, 7) is 11.5. The molecule has 0 spiro atoms. The maximum absolute atomic E-state index is 13.1. The fourth-order valence-corrected chi connectivity index (χ4v) is 4.25. The largest absolute Gasteiger partial charge is 0.443 e. The Balaban J connectivity index is 2.14. The maximum atomic E-state index is 13.1. The van der Waals surface area contributed by atoms with Gasteiger partial charge in [-0.2, -0.15) is 0 Å². The minimum absolute atomic E-state index is 0.0767. The van der Waals surface area contributed by atoms with Crippen molar-refractivity contribution in [3.8, 4) is 0 Å². The molecule has 2 aliphatic rings.